The molecule has 0 radical (unpaired) electrons. The molecule has 0 aromatic carbocycles. The summed E-state index contributed by atoms with van der Waals surface area (Å²) in [5, 5.41) is 9.88. The molecule has 4 nitrogen and oxygen atoms in total. The van der Waals surface area contributed by atoms with Crippen molar-refractivity contribution < 1.29 is 9.59 Å². The van der Waals surface area contributed by atoms with Gasteiger partial charge < -0.3 is 10.5 Å². The van der Waals surface area contributed by atoms with Crippen LogP contribution in [0.3, 0.4) is 0 Å². The minimum absolute atomic E-state index is 0.0256. The predicted octanol–water partition coefficient (Wildman–Crippen LogP) is 7.66. The Bertz CT molecular complexity index is 998. The molecule has 37 heavy (non-hydrogen) atoms. The Balaban J connectivity index is 2.01. The molecule has 6 atom stereocenters. The zero-order chi connectivity index (χ0) is 28.2. The van der Waals surface area contributed by atoms with Crippen LogP contribution in [0.5, 0.6) is 0 Å². The Labute approximate surface area is 227 Å². The molecule has 208 valence electrons. The molecule has 3 rings (SSSR count). The van der Waals surface area contributed by atoms with Crippen molar-refractivity contribution in [2.24, 2.45) is 56.0 Å². The molecular weight excluding hydrogens is 456 g/mol. The van der Waals surface area contributed by atoms with E-state index in [1.54, 1.807) is 6.92 Å². The monoisotopic (exact) mass is 510 g/mol. The van der Waals surface area contributed by atoms with Gasteiger partial charge in [-0.2, -0.15) is 5.26 Å². The van der Waals surface area contributed by atoms with Gasteiger partial charge in [-0.05, 0) is 103 Å². The van der Waals surface area contributed by atoms with Crippen molar-refractivity contribution in [3.63, 3.8) is 0 Å². The first-order chi connectivity index (χ1) is 16.8. The van der Waals surface area contributed by atoms with E-state index < -0.39 is 5.41 Å². The first-order valence-electron chi connectivity index (χ1n) is 14.7. The molecule has 0 aliphatic heterocycles. The van der Waals surface area contributed by atoms with Gasteiger partial charge >= 0.3 is 0 Å². The number of ketones is 2. The molecule has 3 aliphatic carbocycles. The van der Waals surface area contributed by atoms with Crippen molar-refractivity contribution in [2.75, 3.05) is 6.54 Å². The fourth-order valence-corrected chi connectivity index (χ4v) is 9.31. The largest absolute Gasteiger partial charge is 0.330 e. The van der Waals surface area contributed by atoms with Crippen LogP contribution in [0.25, 0.3) is 0 Å². The van der Waals surface area contributed by atoms with Gasteiger partial charge in [0.05, 0.1) is 5.57 Å². The van der Waals surface area contributed by atoms with Crippen LogP contribution >= 0.6 is 0 Å². The molecular formula is C33H54N2O2. The molecule has 2 N–H and O–H groups in total. The van der Waals surface area contributed by atoms with Crippen molar-refractivity contribution in [2.45, 2.75) is 121 Å². The molecule has 2 fully saturated rings. The van der Waals surface area contributed by atoms with Crippen LogP contribution in [0.15, 0.2) is 11.6 Å². The second-order valence-electron chi connectivity index (χ2n) is 15.8. The Morgan fingerprint density at radius 2 is 1.76 bits per heavy atom. The van der Waals surface area contributed by atoms with Gasteiger partial charge in [-0.15, -0.1) is 0 Å². The van der Waals surface area contributed by atoms with Crippen LogP contribution in [-0.2, 0) is 9.59 Å². The van der Waals surface area contributed by atoms with Crippen molar-refractivity contribution >= 4 is 11.6 Å². The van der Waals surface area contributed by atoms with Gasteiger partial charge in [0.2, 0.25) is 0 Å². The first-order valence-corrected chi connectivity index (χ1v) is 14.7. The van der Waals surface area contributed by atoms with Gasteiger partial charge in [-0.25, -0.2) is 0 Å². The number of hydrogen-bond acceptors (Lipinski definition) is 4. The lowest BCUT2D eigenvalue weighted by molar-refractivity contribution is -0.156. The van der Waals surface area contributed by atoms with E-state index >= 15 is 0 Å². The fourth-order valence-electron chi connectivity index (χ4n) is 9.31. The van der Waals surface area contributed by atoms with E-state index in [2.05, 4.69) is 54.5 Å². The fraction of sp³-hybridized carbons (Fsp3) is 0.848. The topological polar surface area (TPSA) is 84.0 Å². The standard InChI is InChI=1S/C33H54N2O2/c1-22-18-28(3,4)13-15-33(22,21-35)16-14-29(5,6)32(10)12-11-25-30(7,8)27(37)24(20-34)19-31(25,9)26(32)17-23(2)36/h19,22,25-26H,11-18,21,35H2,1-10H3/t22?,25-,26+,31-,32+,33+/m0/s1. The minimum Gasteiger partial charge on any atom is -0.330 e. The van der Waals surface area contributed by atoms with Gasteiger partial charge in [0.15, 0.2) is 5.78 Å². The highest BCUT2D eigenvalue weighted by molar-refractivity contribution is 6.04. The summed E-state index contributed by atoms with van der Waals surface area (Å²) in [5.74, 6) is 0.933. The van der Waals surface area contributed by atoms with Crippen molar-refractivity contribution in [1.29, 1.82) is 5.26 Å². The second-order valence-corrected chi connectivity index (χ2v) is 15.8. The first kappa shape index (κ1) is 30.1. The van der Waals surface area contributed by atoms with E-state index in [-0.39, 0.29) is 50.6 Å². The number of nitrogens with two attached hydrogens (primary N) is 1. The summed E-state index contributed by atoms with van der Waals surface area (Å²) in [6.45, 7) is 23.1. The molecule has 0 aromatic rings. The molecule has 3 aliphatic rings. The number of Topliss-reactive ketones (excluding diaryl/α,β-unsaturated/α-hetero) is 2. The van der Waals surface area contributed by atoms with Crippen LogP contribution in [-0.4, -0.2) is 18.1 Å². The number of allylic oxidation sites excluding steroid dienone is 2. The lowest BCUT2D eigenvalue weighted by Crippen LogP contribution is -2.60. The molecule has 0 saturated heterocycles. The molecule has 0 spiro atoms. The van der Waals surface area contributed by atoms with Crippen LogP contribution in [0.1, 0.15) is 121 Å². The summed E-state index contributed by atoms with van der Waals surface area (Å²) in [4.78, 5) is 26.0. The van der Waals surface area contributed by atoms with Crippen molar-refractivity contribution in [3.05, 3.63) is 11.6 Å². The maximum Gasteiger partial charge on any atom is 0.178 e. The number of hydrogen-bond donors (Lipinski definition) is 1. The Hall–Kier alpha value is -1.47. The van der Waals surface area contributed by atoms with E-state index in [1.165, 1.54) is 19.3 Å². The van der Waals surface area contributed by atoms with Crippen molar-refractivity contribution in [3.8, 4) is 6.07 Å². The Kier molecular flexibility index (Phi) is 7.82. The highest BCUT2D eigenvalue weighted by atomic mass is 16.1. The van der Waals surface area contributed by atoms with Crippen LogP contribution in [0.4, 0.5) is 0 Å². The minimum atomic E-state index is -0.608. The van der Waals surface area contributed by atoms with Gasteiger partial charge in [0, 0.05) is 11.8 Å². The number of nitriles is 1. The molecule has 0 aromatic heterocycles. The normalized spacial score (nSPS) is 39.4. The highest BCUT2D eigenvalue weighted by Gasteiger charge is 2.63. The Morgan fingerprint density at radius 3 is 2.27 bits per heavy atom. The predicted molar refractivity (Wildman–Crippen MR) is 152 cm³/mol. The third-order valence-corrected chi connectivity index (χ3v) is 12.4. The molecule has 0 bridgehead atoms. The van der Waals surface area contributed by atoms with E-state index in [0.717, 1.165) is 32.2 Å². The van der Waals surface area contributed by atoms with Crippen LogP contribution in [0.2, 0.25) is 0 Å². The Morgan fingerprint density at radius 1 is 1.14 bits per heavy atom. The smallest absolute Gasteiger partial charge is 0.178 e. The molecule has 2 saturated carbocycles. The van der Waals surface area contributed by atoms with Crippen LogP contribution < -0.4 is 5.73 Å². The van der Waals surface area contributed by atoms with E-state index in [0.29, 0.717) is 17.8 Å². The third kappa shape index (κ3) is 4.88. The number of fused-ring (bicyclic) bond motifs is 1. The third-order valence-electron chi connectivity index (χ3n) is 12.4. The van der Waals surface area contributed by atoms with Gasteiger partial charge in [0.1, 0.15) is 11.9 Å². The van der Waals surface area contributed by atoms with Gasteiger partial charge in [0.25, 0.3) is 0 Å². The number of carbonyl (C=O) groups is 2. The zero-order valence-electron chi connectivity index (χ0n) is 25.5. The summed E-state index contributed by atoms with van der Waals surface area (Å²) in [7, 11) is 0. The lowest BCUT2D eigenvalue weighted by Gasteiger charge is -2.64. The highest BCUT2D eigenvalue weighted by Crippen LogP contribution is 2.68. The molecule has 0 amide bonds. The SMILES string of the molecule is CC(=O)C[C@@H]1[C@@]2(C)C=C(C#N)C(=O)C(C)(C)[C@@H]2CC[C@@]1(C)C(C)(C)CC[C@@]1(CN)CCC(C)(C)CC1C. The van der Waals surface area contributed by atoms with E-state index in [1.807, 2.05) is 19.9 Å². The second kappa shape index (κ2) is 9.62. The maximum atomic E-state index is 13.2. The van der Waals surface area contributed by atoms with E-state index in [9.17, 15) is 14.9 Å². The summed E-state index contributed by atoms with van der Waals surface area (Å²) in [6.07, 6.45) is 10.2. The average molecular weight is 511 g/mol. The number of carbonyl (C=O) groups excluding carboxylic acids is 2. The van der Waals surface area contributed by atoms with Gasteiger partial charge in [-0.3, -0.25) is 4.79 Å². The summed E-state index contributed by atoms with van der Waals surface area (Å²) in [6, 6.07) is 2.21. The zero-order valence-corrected chi connectivity index (χ0v) is 25.5. The van der Waals surface area contributed by atoms with Crippen molar-refractivity contribution in [1.82, 2.24) is 0 Å². The number of nitrogens with zero attached hydrogens (tertiary/aromatic N) is 1. The summed E-state index contributed by atoms with van der Waals surface area (Å²) >= 11 is 0. The van der Waals surface area contributed by atoms with Crippen LogP contribution in [0, 0.1) is 61.6 Å². The maximum absolute atomic E-state index is 13.2. The van der Waals surface area contributed by atoms with E-state index in [4.69, 9.17) is 5.73 Å². The summed E-state index contributed by atoms with van der Waals surface area (Å²) in [5.41, 5.74) is 6.23. The molecule has 0 heterocycles. The molecule has 1 unspecified atom stereocenters. The number of rotatable bonds is 7. The lowest BCUT2D eigenvalue weighted by atomic mass is 9.39. The average Bonchev–Trinajstić information content (AvgIpc) is 2.78. The quantitative estimate of drug-likeness (QED) is 0.381. The molecule has 4 heteroatoms. The summed E-state index contributed by atoms with van der Waals surface area (Å²) < 4.78 is 0. The van der Waals surface area contributed by atoms with Gasteiger partial charge in [-0.1, -0.05) is 68.4 Å².